The molecule has 0 aliphatic carbocycles. The van der Waals surface area contributed by atoms with Gasteiger partial charge in [-0.1, -0.05) is 35.9 Å². The first-order valence-corrected chi connectivity index (χ1v) is 13.7. The molecule has 0 spiro atoms. The van der Waals surface area contributed by atoms with Gasteiger partial charge in [-0.2, -0.15) is 0 Å². The fourth-order valence-corrected chi connectivity index (χ4v) is 5.25. The molecule has 5 rings (SSSR count). The van der Waals surface area contributed by atoms with Gasteiger partial charge in [-0.05, 0) is 66.8 Å². The molecule has 1 N–H and O–H groups in total. The second-order valence-corrected chi connectivity index (χ2v) is 10.8. The fourth-order valence-electron chi connectivity index (χ4n) is 5.12. The van der Waals surface area contributed by atoms with Crippen LogP contribution in [0.15, 0.2) is 66.9 Å². The number of nitrogens with zero attached hydrogens (tertiary/aromatic N) is 3. The maximum absolute atomic E-state index is 12.1. The lowest BCUT2D eigenvalue weighted by molar-refractivity contribution is -0.130. The molecule has 2 aliphatic rings. The van der Waals surface area contributed by atoms with Crippen LogP contribution in [-0.4, -0.2) is 66.1 Å². The number of aromatic nitrogens is 1. The van der Waals surface area contributed by atoms with Gasteiger partial charge in [-0.3, -0.25) is 4.79 Å². The van der Waals surface area contributed by atoms with Crippen molar-refractivity contribution in [2.75, 3.05) is 40.3 Å². The maximum atomic E-state index is 12.1. The summed E-state index contributed by atoms with van der Waals surface area (Å²) in [4.78, 5) is 20.5. The third kappa shape index (κ3) is 6.27. The lowest BCUT2D eigenvalue weighted by atomic mass is 9.84. The van der Waals surface area contributed by atoms with Gasteiger partial charge < -0.3 is 24.4 Å². The first-order valence-electron chi connectivity index (χ1n) is 13.3. The Hall–Kier alpha value is -3.39. The van der Waals surface area contributed by atoms with Gasteiger partial charge in [-0.15, -0.1) is 0 Å². The van der Waals surface area contributed by atoms with Gasteiger partial charge in [0.25, 0.3) is 5.91 Å². The number of hydrogen-bond donors (Lipinski definition) is 1. The summed E-state index contributed by atoms with van der Waals surface area (Å²) in [5.41, 5.74) is 3.09. The van der Waals surface area contributed by atoms with Crippen LogP contribution in [0.1, 0.15) is 36.0 Å². The number of halogens is 1. The molecule has 2 aliphatic heterocycles. The number of pyridine rings is 1. The molecule has 1 saturated heterocycles. The van der Waals surface area contributed by atoms with E-state index in [4.69, 9.17) is 21.1 Å². The molecule has 1 aromatic heterocycles. The van der Waals surface area contributed by atoms with Gasteiger partial charge in [0.1, 0.15) is 11.5 Å². The van der Waals surface area contributed by atoms with Crippen molar-refractivity contribution in [3.8, 4) is 17.4 Å². The van der Waals surface area contributed by atoms with Gasteiger partial charge in [0.2, 0.25) is 5.88 Å². The Morgan fingerprint density at radius 2 is 1.92 bits per heavy atom. The molecular weight excluding hydrogens is 514 g/mol. The van der Waals surface area contributed by atoms with Crippen molar-refractivity contribution in [1.29, 1.82) is 0 Å². The number of fused-ring (bicyclic) bond motifs is 2. The summed E-state index contributed by atoms with van der Waals surface area (Å²) >= 11 is 6.03. The number of aliphatic hydroxyl groups is 1. The predicted molar refractivity (Wildman–Crippen MR) is 152 cm³/mol. The first kappa shape index (κ1) is 27.2. The highest BCUT2D eigenvalue weighted by molar-refractivity contribution is 6.30. The largest absolute Gasteiger partial charge is 0.483 e. The van der Waals surface area contributed by atoms with Crippen molar-refractivity contribution >= 4 is 23.1 Å². The number of likely N-dealkylation sites (tertiary alicyclic amines) is 1. The predicted octanol–water partition coefficient (Wildman–Crippen LogP) is 5.31. The van der Waals surface area contributed by atoms with Crippen molar-refractivity contribution in [3.63, 3.8) is 0 Å². The number of rotatable bonds is 7. The van der Waals surface area contributed by atoms with Crippen molar-refractivity contribution in [2.24, 2.45) is 0 Å². The quantitative estimate of drug-likeness (QED) is 0.432. The number of carbonyl (C=O) groups excluding carboxylic acids is 1. The number of hydrogen-bond acceptors (Lipinski definition) is 6. The molecule has 3 aromatic rings. The van der Waals surface area contributed by atoms with Crippen LogP contribution < -0.4 is 9.47 Å². The van der Waals surface area contributed by atoms with Gasteiger partial charge in [0.15, 0.2) is 6.61 Å². The van der Waals surface area contributed by atoms with E-state index in [1.165, 1.54) is 4.90 Å². The maximum Gasteiger partial charge on any atom is 0.259 e. The molecule has 8 heteroatoms. The average molecular weight is 548 g/mol. The Kier molecular flexibility index (Phi) is 8.21. The zero-order valence-corrected chi connectivity index (χ0v) is 23.2. The Bertz CT molecular complexity index is 1350. The third-order valence-corrected chi connectivity index (χ3v) is 7.78. The Labute approximate surface area is 234 Å². The van der Waals surface area contributed by atoms with Crippen LogP contribution in [0.2, 0.25) is 5.02 Å². The average Bonchev–Trinajstić information content (AvgIpc) is 3.10. The topological polar surface area (TPSA) is 75.1 Å². The summed E-state index contributed by atoms with van der Waals surface area (Å²) in [6.45, 7) is 2.50. The number of piperidine rings is 1. The Morgan fingerprint density at radius 1 is 1.15 bits per heavy atom. The van der Waals surface area contributed by atoms with Crippen LogP contribution >= 0.6 is 11.6 Å². The summed E-state index contributed by atoms with van der Waals surface area (Å²) in [5, 5.41) is 11.9. The fraction of sp³-hybridized carbons (Fsp3) is 0.355. The molecule has 1 amide bonds. The number of ether oxygens (including phenoxy) is 2. The van der Waals surface area contributed by atoms with Crippen molar-refractivity contribution in [3.05, 3.63) is 88.6 Å². The van der Waals surface area contributed by atoms with Crippen molar-refractivity contribution < 1.29 is 19.4 Å². The van der Waals surface area contributed by atoms with E-state index in [2.05, 4.69) is 16.0 Å². The minimum Gasteiger partial charge on any atom is -0.483 e. The number of benzene rings is 2. The molecule has 39 heavy (non-hydrogen) atoms. The first-order chi connectivity index (χ1) is 18.8. The molecule has 0 bridgehead atoms. The zero-order valence-electron chi connectivity index (χ0n) is 22.4. The van der Waals surface area contributed by atoms with Gasteiger partial charge in [0, 0.05) is 62.5 Å². The third-order valence-electron chi connectivity index (χ3n) is 7.53. The molecule has 0 atom stereocenters. The summed E-state index contributed by atoms with van der Waals surface area (Å²) < 4.78 is 12.2. The van der Waals surface area contributed by atoms with Gasteiger partial charge >= 0.3 is 0 Å². The summed E-state index contributed by atoms with van der Waals surface area (Å²) in [7, 11) is 3.42. The minimum atomic E-state index is -0.809. The lowest BCUT2D eigenvalue weighted by Gasteiger charge is -2.38. The molecular formula is C31H34ClN3O4. The highest BCUT2D eigenvalue weighted by Gasteiger charge is 2.33. The normalized spacial score (nSPS) is 17.5. The lowest BCUT2D eigenvalue weighted by Crippen LogP contribution is -2.42. The van der Waals surface area contributed by atoms with Gasteiger partial charge in [-0.25, -0.2) is 4.98 Å². The highest BCUT2D eigenvalue weighted by Crippen LogP contribution is 2.41. The molecule has 3 heterocycles. The van der Waals surface area contributed by atoms with Crippen LogP contribution in [0, 0.1) is 0 Å². The highest BCUT2D eigenvalue weighted by atomic mass is 35.5. The summed E-state index contributed by atoms with van der Waals surface area (Å²) in [6, 6.07) is 17.1. The molecule has 0 unspecified atom stereocenters. The van der Waals surface area contributed by atoms with Crippen LogP contribution in [-0.2, 0) is 16.8 Å². The van der Waals surface area contributed by atoms with Crippen LogP contribution in [0.25, 0.3) is 5.57 Å². The van der Waals surface area contributed by atoms with E-state index in [0.29, 0.717) is 41.7 Å². The smallest absolute Gasteiger partial charge is 0.259 e. The standard InChI is InChI=1S/C31H34ClN3O4/c1-34(2)29(36)21-38-27-8-3-9-28-26(27)20-22(25-7-4-16-33-30(25)39-28)6-5-17-35-18-14-31(37,15-19-35)23-10-12-24(32)13-11-23/h3-4,6-13,16,37H,5,14-15,17-21H2,1-2H3. The van der Waals surface area contributed by atoms with E-state index in [0.717, 1.165) is 48.3 Å². The second kappa shape index (κ2) is 11.8. The van der Waals surface area contributed by atoms with Crippen LogP contribution in [0.5, 0.6) is 17.4 Å². The van der Waals surface area contributed by atoms with Crippen molar-refractivity contribution in [1.82, 2.24) is 14.8 Å². The van der Waals surface area contributed by atoms with Crippen LogP contribution in [0.3, 0.4) is 0 Å². The number of amides is 1. The van der Waals surface area contributed by atoms with E-state index < -0.39 is 5.60 Å². The number of carbonyl (C=O) groups is 1. The minimum absolute atomic E-state index is 0.0367. The Morgan fingerprint density at radius 3 is 2.67 bits per heavy atom. The molecule has 0 saturated carbocycles. The van der Waals surface area contributed by atoms with E-state index in [-0.39, 0.29) is 12.5 Å². The van der Waals surface area contributed by atoms with Crippen molar-refractivity contribution in [2.45, 2.75) is 31.3 Å². The second-order valence-electron chi connectivity index (χ2n) is 10.3. The SMILES string of the molecule is CN(C)C(=O)COc1cccc2c1CC(=CCCN1CCC(O)(c3ccc(Cl)cc3)CC1)c1cccnc1O2. The number of allylic oxidation sites excluding steroid dienone is 1. The molecule has 204 valence electrons. The summed E-state index contributed by atoms with van der Waals surface area (Å²) in [6.07, 6.45) is 6.81. The monoisotopic (exact) mass is 547 g/mol. The zero-order chi connectivity index (χ0) is 27.4. The Balaban J connectivity index is 1.29. The molecule has 0 radical (unpaired) electrons. The van der Waals surface area contributed by atoms with E-state index >= 15 is 0 Å². The van der Waals surface area contributed by atoms with E-state index in [1.54, 1.807) is 20.3 Å². The molecule has 1 fully saturated rings. The molecule has 7 nitrogen and oxygen atoms in total. The summed E-state index contributed by atoms with van der Waals surface area (Å²) in [5.74, 6) is 1.78. The number of likely N-dealkylation sites (N-methyl/N-ethyl adjacent to an activating group) is 1. The van der Waals surface area contributed by atoms with Crippen LogP contribution in [0.4, 0.5) is 0 Å². The van der Waals surface area contributed by atoms with Gasteiger partial charge in [0.05, 0.1) is 5.60 Å². The molecule has 2 aromatic carbocycles. The van der Waals surface area contributed by atoms with E-state index in [9.17, 15) is 9.90 Å². The van der Waals surface area contributed by atoms with E-state index in [1.807, 2.05) is 54.6 Å².